The van der Waals surface area contributed by atoms with Gasteiger partial charge in [0.25, 0.3) is 0 Å². The second kappa shape index (κ2) is 4.31. The van der Waals surface area contributed by atoms with Crippen molar-refractivity contribution in [1.29, 1.82) is 0 Å². The number of benzene rings is 1. The van der Waals surface area contributed by atoms with Gasteiger partial charge in [-0.15, -0.1) is 0 Å². The zero-order valence-corrected chi connectivity index (χ0v) is 10.4. The van der Waals surface area contributed by atoms with Gasteiger partial charge in [0.2, 0.25) is 5.78 Å². The molecule has 0 fully saturated rings. The summed E-state index contributed by atoms with van der Waals surface area (Å²) in [6.07, 6.45) is 2.73. The van der Waals surface area contributed by atoms with Crippen molar-refractivity contribution in [2.24, 2.45) is 5.73 Å². The number of rotatable bonds is 3. The minimum absolute atomic E-state index is 0.638. The highest BCUT2D eigenvalue weighted by Crippen LogP contribution is 2.24. The fourth-order valence-corrected chi connectivity index (χ4v) is 2.37. The van der Waals surface area contributed by atoms with Crippen molar-refractivity contribution in [1.82, 2.24) is 14.4 Å². The number of imidazole rings is 2. The predicted octanol–water partition coefficient (Wildman–Crippen LogP) is 2.14. The molecule has 4 heteroatoms. The number of aromatic nitrogens is 3. The molecule has 3 N–H and O–H groups in total. The Hall–Kier alpha value is -2.07. The molecule has 0 aliphatic rings. The second-order valence-electron chi connectivity index (χ2n) is 4.40. The maximum Gasteiger partial charge on any atom is 0.212 e. The van der Waals surface area contributed by atoms with E-state index in [1.54, 1.807) is 0 Å². The van der Waals surface area contributed by atoms with E-state index in [9.17, 15) is 0 Å². The van der Waals surface area contributed by atoms with Crippen molar-refractivity contribution in [3.8, 4) is 11.3 Å². The number of aromatic amines is 1. The van der Waals surface area contributed by atoms with E-state index >= 15 is 0 Å². The lowest BCUT2D eigenvalue weighted by Crippen LogP contribution is -2.05. The normalized spacial score (nSPS) is 11.2. The molecule has 2 heterocycles. The largest absolute Gasteiger partial charge is 0.330 e. The van der Waals surface area contributed by atoms with Crippen LogP contribution in [0, 0.1) is 6.92 Å². The zero-order valence-electron chi connectivity index (χ0n) is 10.4. The van der Waals surface area contributed by atoms with Crippen LogP contribution in [0.25, 0.3) is 17.0 Å². The molecule has 18 heavy (non-hydrogen) atoms. The molecular weight excluding hydrogens is 224 g/mol. The fourth-order valence-electron chi connectivity index (χ4n) is 2.37. The van der Waals surface area contributed by atoms with Crippen LogP contribution >= 0.6 is 0 Å². The molecule has 1 aromatic carbocycles. The SMILES string of the molecule is Cc1c(-c2ccccc2)[nH]c2ncc(CCN)n12. The molecule has 0 aliphatic carbocycles. The van der Waals surface area contributed by atoms with Gasteiger partial charge in [0.15, 0.2) is 0 Å². The molecule has 4 nitrogen and oxygen atoms in total. The lowest BCUT2D eigenvalue weighted by molar-refractivity contribution is 0.896. The lowest BCUT2D eigenvalue weighted by Gasteiger charge is -2.01. The lowest BCUT2D eigenvalue weighted by atomic mass is 10.1. The predicted molar refractivity (Wildman–Crippen MR) is 72.5 cm³/mol. The van der Waals surface area contributed by atoms with Crippen LogP contribution in [0.1, 0.15) is 11.4 Å². The summed E-state index contributed by atoms with van der Waals surface area (Å²) in [7, 11) is 0. The van der Waals surface area contributed by atoms with E-state index in [0.29, 0.717) is 6.54 Å². The molecule has 0 radical (unpaired) electrons. The summed E-state index contributed by atoms with van der Waals surface area (Å²) in [5.74, 6) is 0.884. The third kappa shape index (κ3) is 1.62. The Morgan fingerprint density at radius 3 is 2.78 bits per heavy atom. The molecule has 3 aromatic rings. The first-order chi connectivity index (χ1) is 8.81. The van der Waals surface area contributed by atoms with Gasteiger partial charge < -0.3 is 10.7 Å². The van der Waals surface area contributed by atoms with E-state index in [4.69, 9.17) is 5.73 Å². The molecule has 2 aromatic heterocycles. The number of hydrogen-bond donors (Lipinski definition) is 2. The van der Waals surface area contributed by atoms with Crippen molar-refractivity contribution >= 4 is 5.78 Å². The Labute approximate surface area is 105 Å². The van der Waals surface area contributed by atoms with Crippen LogP contribution in [-0.2, 0) is 6.42 Å². The van der Waals surface area contributed by atoms with E-state index in [-0.39, 0.29) is 0 Å². The minimum atomic E-state index is 0.638. The number of nitrogens with zero attached hydrogens (tertiary/aromatic N) is 2. The number of nitrogens with two attached hydrogens (primary N) is 1. The average Bonchev–Trinajstić information content (AvgIpc) is 2.93. The Morgan fingerprint density at radius 1 is 1.28 bits per heavy atom. The zero-order chi connectivity index (χ0) is 12.5. The third-order valence-corrected chi connectivity index (χ3v) is 3.23. The summed E-state index contributed by atoms with van der Waals surface area (Å²) < 4.78 is 2.15. The van der Waals surface area contributed by atoms with Crippen molar-refractivity contribution in [2.45, 2.75) is 13.3 Å². The van der Waals surface area contributed by atoms with Gasteiger partial charge in [-0.2, -0.15) is 0 Å². The van der Waals surface area contributed by atoms with Crippen molar-refractivity contribution in [3.05, 3.63) is 47.9 Å². The molecule has 0 bridgehead atoms. The highest BCUT2D eigenvalue weighted by atomic mass is 15.1. The van der Waals surface area contributed by atoms with E-state index < -0.39 is 0 Å². The van der Waals surface area contributed by atoms with Crippen molar-refractivity contribution in [3.63, 3.8) is 0 Å². The van der Waals surface area contributed by atoms with Crippen molar-refractivity contribution in [2.75, 3.05) is 6.54 Å². The first kappa shape index (κ1) is 11.0. The molecule has 0 aliphatic heterocycles. The van der Waals surface area contributed by atoms with Crippen LogP contribution in [0.5, 0.6) is 0 Å². The Bertz CT molecular complexity index is 664. The van der Waals surface area contributed by atoms with Gasteiger partial charge in [-0.05, 0) is 19.0 Å². The number of nitrogens with one attached hydrogen (secondary N) is 1. The maximum absolute atomic E-state index is 5.63. The Balaban J connectivity index is 2.18. The first-order valence-electron chi connectivity index (χ1n) is 6.11. The van der Waals surface area contributed by atoms with Crippen LogP contribution in [0.2, 0.25) is 0 Å². The summed E-state index contributed by atoms with van der Waals surface area (Å²) in [4.78, 5) is 7.77. The Morgan fingerprint density at radius 2 is 2.06 bits per heavy atom. The molecule has 0 saturated heterocycles. The van der Waals surface area contributed by atoms with Gasteiger partial charge in [-0.3, -0.25) is 4.40 Å². The number of H-pyrrole nitrogens is 1. The van der Waals surface area contributed by atoms with E-state index in [2.05, 4.69) is 33.4 Å². The highest BCUT2D eigenvalue weighted by molar-refractivity contribution is 5.65. The van der Waals surface area contributed by atoms with E-state index in [1.165, 1.54) is 11.3 Å². The Kier molecular flexibility index (Phi) is 2.64. The van der Waals surface area contributed by atoms with Gasteiger partial charge in [0.1, 0.15) is 0 Å². The molecule has 0 saturated carbocycles. The molecule has 0 spiro atoms. The smallest absolute Gasteiger partial charge is 0.212 e. The van der Waals surface area contributed by atoms with Crippen LogP contribution in [0.3, 0.4) is 0 Å². The minimum Gasteiger partial charge on any atom is -0.330 e. The van der Waals surface area contributed by atoms with Gasteiger partial charge in [0, 0.05) is 17.8 Å². The summed E-state index contributed by atoms with van der Waals surface area (Å²) in [6.45, 7) is 2.74. The summed E-state index contributed by atoms with van der Waals surface area (Å²) in [5.41, 5.74) is 10.3. The van der Waals surface area contributed by atoms with Gasteiger partial charge in [-0.1, -0.05) is 30.3 Å². The molecule has 92 valence electrons. The molecule has 0 atom stereocenters. The topological polar surface area (TPSA) is 59.1 Å². The number of aryl methyl sites for hydroxylation is 1. The molecule has 0 unspecified atom stereocenters. The highest BCUT2D eigenvalue weighted by Gasteiger charge is 2.12. The summed E-state index contributed by atoms with van der Waals surface area (Å²) >= 11 is 0. The monoisotopic (exact) mass is 240 g/mol. The average molecular weight is 240 g/mol. The maximum atomic E-state index is 5.63. The summed E-state index contributed by atoms with van der Waals surface area (Å²) in [5, 5.41) is 0. The number of fused-ring (bicyclic) bond motifs is 1. The molecule has 0 amide bonds. The second-order valence-corrected chi connectivity index (χ2v) is 4.40. The fraction of sp³-hybridized carbons (Fsp3) is 0.214. The summed E-state index contributed by atoms with van der Waals surface area (Å²) in [6, 6.07) is 10.3. The van der Waals surface area contributed by atoms with Crippen LogP contribution in [-0.4, -0.2) is 20.9 Å². The van der Waals surface area contributed by atoms with Crippen LogP contribution < -0.4 is 5.73 Å². The van der Waals surface area contributed by atoms with Crippen molar-refractivity contribution < 1.29 is 0 Å². The van der Waals surface area contributed by atoms with E-state index in [1.807, 2.05) is 24.4 Å². The number of hydrogen-bond acceptors (Lipinski definition) is 2. The quantitative estimate of drug-likeness (QED) is 0.737. The van der Waals surface area contributed by atoms with Gasteiger partial charge in [0.05, 0.1) is 11.9 Å². The van der Waals surface area contributed by atoms with Crippen LogP contribution in [0.15, 0.2) is 36.5 Å². The van der Waals surface area contributed by atoms with Gasteiger partial charge >= 0.3 is 0 Å². The van der Waals surface area contributed by atoms with Crippen LogP contribution in [0.4, 0.5) is 0 Å². The molecular formula is C14H16N4. The van der Waals surface area contributed by atoms with E-state index in [0.717, 1.165) is 23.6 Å². The molecule has 3 rings (SSSR count). The van der Waals surface area contributed by atoms with Gasteiger partial charge in [-0.25, -0.2) is 4.98 Å². The first-order valence-corrected chi connectivity index (χ1v) is 6.11. The third-order valence-electron chi connectivity index (χ3n) is 3.23. The standard InChI is InChI=1S/C14H16N4/c1-10-13(11-5-3-2-4-6-11)17-14-16-9-12(7-8-15)18(10)14/h2-6,9H,7-8,15H2,1H3,(H,16,17).